The molecule has 0 radical (unpaired) electrons. The van der Waals surface area contributed by atoms with Gasteiger partial charge in [-0.05, 0) is 65.1 Å². The molecular weight excluding hydrogens is 596 g/mol. The van der Waals surface area contributed by atoms with Gasteiger partial charge in [-0.3, -0.25) is 8.78 Å². The maximum absolute atomic E-state index is 12.6. The summed E-state index contributed by atoms with van der Waals surface area (Å²) in [7, 11) is 5.93. The number of pyridine rings is 2. The van der Waals surface area contributed by atoms with Crippen molar-refractivity contribution in [3.05, 3.63) is 107 Å². The first-order valence-corrected chi connectivity index (χ1v) is 15.7. The van der Waals surface area contributed by atoms with Gasteiger partial charge < -0.3 is 24.8 Å². The van der Waals surface area contributed by atoms with E-state index in [0.717, 1.165) is 34.4 Å². The molecule has 2 N–H and O–H groups in total. The number of rotatable bonds is 16. The van der Waals surface area contributed by atoms with Crippen LogP contribution >= 0.6 is 0 Å². The molecule has 2 heterocycles. The van der Waals surface area contributed by atoms with Gasteiger partial charge in [-0.1, -0.05) is 55.5 Å². The lowest BCUT2D eigenvalue weighted by molar-refractivity contribution is 0.137. The minimum absolute atomic E-state index is 0.0588. The fraction of sp³-hybridized carbons (Fsp3) is 0.316. The van der Waals surface area contributed by atoms with E-state index in [1.807, 2.05) is 94.8 Å². The fourth-order valence-corrected chi connectivity index (χ4v) is 4.00. The van der Waals surface area contributed by atoms with Crippen molar-refractivity contribution in [2.24, 2.45) is 11.8 Å². The van der Waals surface area contributed by atoms with Crippen molar-refractivity contribution in [1.82, 2.24) is 9.97 Å². The number of aromatic nitrogens is 2. The minimum atomic E-state index is -0.607. The summed E-state index contributed by atoms with van der Waals surface area (Å²) in [4.78, 5) is 10.5. The molecule has 4 aromatic rings. The van der Waals surface area contributed by atoms with E-state index in [1.165, 1.54) is 5.69 Å². The maximum Gasteiger partial charge on any atom is 0.213 e. The van der Waals surface area contributed by atoms with Crippen molar-refractivity contribution in [2.45, 2.75) is 13.3 Å². The number of benzene rings is 2. The van der Waals surface area contributed by atoms with Crippen LogP contribution in [0.1, 0.15) is 35.6 Å². The number of aliphatic hydroxyl groups excluding tert-OH is 1. The zero-order valence-electron chi connectivity index (χ0n) is 27.7. The zero-order valence-corrected chi connectivity index (χ0v) is 27.7. The van der Waals surface area contributed by atoms with Crippen LogP contribution in [0.25, 0.3) is 24.3 Å². The van der Waals surface area contributed by atoms with Crippen LogP contribution in [0.5, 0.6) is 11.8 Å². The Balaban J connectivity index is 0.000000256. The molecule has 9 heteroatoms. The molecule has 2 unspecified atom stereocenters. The first-order chi connectivity index (χ1) is 22.9. The van der Waals surface area contributed by atoms with Crippen LogP contribution in [0.2, 0.25) is 0 Å². The van der Waals surface area contributed by atoms with Gasteiger partial charge in [0.1, 0.15) is 0 Å². The van der Waals surface area contributed by atoms with Crippen molar-refractivity contribution >= 4 is 35.7 Å². The van der Waals surface area contributed by atoms with Crippen LogP contribution < -0.4 is 19.7 Å². The van der Waals surface area contributed by atoms with Crippen LogP contribution in [-0.4, -0.2) is 69.4 Å². The van der Waals surface area contributed by atoms with Gasteiger partial charge in [0.15, 0.2) is 0 Å². The summed E-state index contributed by atoms with van der Waals surface area (Å²) in [6, 6.07) is 23.8. The Morgan fingerprint density at radius 3 is 1.53 bits per heavy atom. The highest BCUT2D eigenvalue weighted by molar-refractivity contribution is 5.71. The molecule has 4 rings (SSSR count). The highest BCUT2D eigenvalue weighted by Crippen LogP contribution is 2.17. The largest absolute Gasteiger partial charge is 0.477 e. The number of aliphatic hydroxyl groups is 1. The number of ether oxygens (including phenoxy) is 2. The van der Waals surface area contributed by atoms with Gasteiger partial charge in [0.25, 0.3) is 0 Å². The summed E-state index contributed by atoms with van der Waals surface area (Å²) < 4.78 is 36.0. The smallest absolute Gasteiger partial charge is 0.213 e. The van der Waals surface area contributed by atoms with Crippen LogP contribution in [0, 0.1) is 11.8 Å². The molecule has 0 saturated carbocycles. The van der Waals surface area contributed by atoms with Gasteiger partial charge in [0, 0.05) is 68.9 Å². The third-order valence-corrected chi connectivity index (χ3v) is 7.27. The first-order valence-electron chi connectivity index (χ1n) is 15.7. The molecule has 0 aliphatic heterocycles. The number of alkyl halides is 2. The molecule has 0 bridgehead atoms. The van der Waals surface area contributed by atoms with E-state index in [-0.39, 0.29) is 25.8 Å². The van der Waals surface area contributed by atoms with E-state index in [2.05, 4.69) is 44.5 Å². The lowest BCUT2D eigenvalue weighted by Crippen LogP contribution is -2.18. The Kier molecular flexibility index (Phi) is 15.9. The van der Waals surface area contributed by atoms with E-state index in [9.17, 15) is 8.78 Å². The monoisotopic (exact) mass is 642 g/mol. The Labute approximate surface area is 277 Å². The predicted octanol–water partition coefficient (Wildman–Crippen LogP) is 7.94. The molecule has 0 aliphatic carbocycles. The van der Waals surface area contributed by atoms with Gasteiger partial charge in [-0.2, -0.15) is 0 Å². The van der Waals surface area contributed by atoms with Gasteiger partial charge in [0.2, 0.25) is 11.8 Å². The molecule has 7 nitrogen and oxygen atoms in total. The molecule has 2 atom stereocenters. The second kappa shape index (κ2) is 20.4. The minimum Gasteiger partial charge on any atom is -0.477 e. The Morgan fingerprint density at radius 2 is 1.15 bits per heavy atom. The predicted molar refractivity (Wildman–Crippen MR) is 190 cm³/mol. The first kappa shape index (κ1) is 36.7. The van der Waals surface area contributed by atoms with Crippen molar-refractivity contribution in [3.8, 4) is 11.8 Å². The van der Waals surface area contributed by atoms with Gasteiger partial charge in [-0.15, -0.1) is 0 Å². The normalized spacial score (nSPS) is 12.3. The topological polar surface area (TPSA) is 79.7 Å². The van der Waals surface area contributed by atoms with Gasteiger partial charge in [0.05, 0.1) is 33.2 Å². The van der Waals surface area contributed by atoms with E-state index in [1.54, 1.807) is 18.5 Å². The number of hydrogen-bond acceptors (Lipinski definition) is 7. The van der Waals surface area contributed by atoms with Crippen molar-refractivity contribution in [2.75, 3.05) is 64.5 Å². The fourth-order valence-electron chi connectivity index (χ4n) is 4.00. The van der Waals surface area contributed by atoms with Crippen LogP contribution in [-0.2, 0) is 0 Å². The summed E-state index contributed by atoms with van der Waals surface area (Å²) >= 11 is 0. The molecule has 250 valence electrons. The Morgan fingerprint density at radius 1 is 0.702 bits per heavy atom. The number of nitrogens with one attached hydrogen (secondary N) is 1. The molecular formula is C38H46F2N4O3. The van der Waals surface area contributed by atoms with E-state index < -0.39 is 12.6 Å². The van der Waals surface area contributed by atoms with Crippen LogP contribution in [0.15, 0.2) is 85.2 Å². The van der Waals surface area contributed by atoms with Crippen molar-refractivity contribution in [3.63, 3.8) is 0 Å². The van der Waals surface area contributed by atoms with Crippen LogP contribution in [0.3, 0.4) is 0 Å². The highest BCUT2D eigenvalue weighted by atomic mass is 18.2. The Hall–Kier alpha value is -4.76. The standard InChI is InChI=1S/C20H25FN2O.C18H21FN2O2/c1-4-16(13-21)15-24-20-12-9-18(14-22-20)6-5-17-7-10-19(11-8-17)23(2)3;1-20-17-7-4-14(5-8-17)2-3-15-6-9-18(21-11-15)23-13-16(10-19)12-22/h5-12,14,16H,4,13,15H2,1-3H3;2-9,11,16,20,22H,10,12-13H2,1H3/b6-5+;3-2+/i21-1;19-1. The van der Waals surface area contributed by atoms with Gasteiger partial charge in [-0.25, -0.2) is 9.97 Å². The summed E-state index contributed by atoms with van der Waals surface area (Å²) in [5.41, 5.74) is 6.41. The summed E-state index contributed by atoms with van der Waals surface area (Å²) in [5.74, 6) is 0.398. The van der Waals surface area contributed by atoms with Crippen LogP contribution in [0.4, 0.5) is 20.2 Å². The second-order valence-electron chi connectivity index (χ2n) is 11.1. The summed E-state index contributed by atoms with van der Waals surface area (Å²) in [6.07, 6.45) is 12.2. The quantitative estimate of drug-likeness (QED) is 0.128. The third-order valence-electron chi connectivity index (χ3n) is 7.27. The van der Waals surface area contributed by atoms with E-state index >= 15 is 0 Å². The molecule has 0 aliphatic rings. The van der Waals surface area contributed by atoms with E-state index in [0.29, 0.717) is 18.4 Å². The molecule has 0 saturated heterocycles. The summed E-state index contributed by atoms with van der Waals surface area (Å²) in [6.45, 7) is 1.25. The number of hydrogen-bond donors (Lipinski definition) is 2. The third kappa shape index (κ3) is 13.2. The number of nitrogens with zero attached hydrogens (tertiary/aromatic N) is 3. The molecule has 0 spiro atoms. The second-order valence-corrected chi connectivity index (χ2v) is 11.1. The average Bonchev–Trinajstić information content (AvgIpc) is 3.12. The van der Waals surface area contributed by atoms with Crippen molar-refractivity contribution in [1.29, 1.82) is 0 Å². The van der Waals surface area contributed by atoms with Crippen molar-refractivity contribution < 1.29 is 23.4 Å². The lowest BCUT2D eigenvalue weighted by atomic mass is 10.1. The molecule has 2 aromatic carbocycles. The SMILES string of the molecule is CCC(C[18F])COc1ccc(/C=C/c2ccc(N(C)C)cc2)cn1.CNc1ccc(/C=C/c2ccc(OCC(CO)C[18F])nc2)cc1. The molecule has 0 fully saturated rings. The van der Waals surface area contributed by atoms with E-state index in [4.69, 9.17) is 14.6 Å². The maximum atomic E-state index is 12.6. The van der Waals surface area contributed by atoms with Gasteiger partial charge >= 0.3 is 0 Å². The zero-order chi connectivity index (χ0) is 33.9. The highest BCUT2D eigenvalue weighted by Gasteiger charge is 2.08. The number of halogens is 2. The molecule has 2 aromatic heterocycles. The molecule has 47 heavy (non-hydrogen) atoms. The lowest BCUT2D eigenvalue weighted by Gasteiger charge is -2.12. The number of anilines is 2. The average molecular weight is 643 g/mol. The summed E-state index contributed by atoms with van der Waals surface area (Å²) in [5, 5.41) is 12.0. The molecule has 0 amide bonds. The Bertz CT molecular complexity index is 1470.